The summed E-state index contributed by atoms with van der Waals surface area (Å²) in [7, 11) is 2.06. The van der Waals surface area contributed by atoms with Crippen LogP contribution in [-0.4, -0.2) is 64.0 Å². The maximum absolute atomic E-state index is 13.3. The van der Waals surface area contributed by atoms with E-state index in [1.54, 1.807) is 4.90 Å². The van der Waals surface area contributed by atoms with Crippen molar-refractivity contribution in [3.05, 3.63) is 78.7 Å². The lowest BCUT2D eigenvalue weighted by molar-refractivity contribution is 0.0891. The Kier molecular flexibility index (Phi) is 10.9. The van der Waals surface area contributed by atoms with Crippen LogP contribution in [0.25, 0.3) is 0 Å². The maximum Gasteiger partial charge on any atom is 0.362 e. The molecule has 1 aromatic heterocycles. The summed E-state index contributed by atoms with van der Waals surface area (Å²) in [5, 5.41) is 15.9. The lowest BCUT2D eigenvalue weighted by Crippen LogP contribution is -2.49. The number of nitrogens with zero attached hydrogens (tertiary/aromatic N) is 3. The second kappa shape index (κ2) is 14.1. The van der Waals surface area contributed by atoms with Gasteiger partial charge in [0.1, 0.15) is 11.4 Å². The number of aliphatic hydroxyl groups is 1. The van der Waals surface area contributed by atoms with Crippen LogP contribution in [0.1, 0.15) is 46.1 Å². The average molecular weight is 690 g/mol. The standard InChI is InChI=1S/C15H21N3O2.C14H8Cl3F2NO3S/c1-3-17-5-4-6-18(15(17)20)13-7-11-9-16(2)10-12(11)8-14(13)19;15-8-2-1-6(4-21)11(16)12(8)24-9-3-10(14(17,18)19)20-13(23)7(9)5-22/h7-8,19H,3-6,9-10H2,1-2H3;1-3,5,21H,4H2,(H,20,23). The van der Waals surface area contributed by atoms with Gasteiger partial charge in [0.2, 0.25) is 0 Å². The molecule has 0 atom stereocenters. The monoisotopic (exact) mass is 688 g/mol. The number of halogens is 5. The van der Waals surface area contributed by atoms with Crippen LogP contribution in [0.3, 0.4) is 0 Å². The fourth-order valence-electron chi connectivity index (χ4n) is 4.90. The van der Waals surface area contributed by atoms with Crippen molar-refractivity contribution in [3.8, 4) is 5.75 Å². The topological polar surface area (TPSA) is 117 Å². The Labute approximate surface area is 271 Å². The zero-order chi connectivity index (χ0) is 32.3. The molecule has 2 aliphatic heterocycles. The van der Waals surface area contributed by atoms with E-state index in [1.165, 1.54) is 17.7 Å². The Morgan fingerprint density at radius 3 is 2.41 bits per heavy atom. The molecule has 5 rings (SSSR count). The SMILES string of the molecule is CCN1CCCN(c2cc3c(cc2O)CN(C)C3)C1=O.O=Cc1c(Sc2c(Cl)ccc(CO)c2Cl)cc(C(F)(F)Cl)[nH]c1=O. The smallest absolute Gasteiger partial charge is 0.362 e. The summed E-state index contributed by atoms with van der Waals surface area (Å²) >= 11 is 17.8. The zero-order valence-electron chi connectivity index (χ0n) is 23.7. The van der Waals surface area contributed by atoms with E-state index >= 15 is 0 Å². The normalized spacial score (nSPS) is 15.2. The molecule has 3 heterocycles. The summed E-state index contributed by atoms with van der Waals surface area (Å²) < 4.78 is 26.6. The molecule has 0 spiro atoms. The Morgan fingerprint density at radius 1 is 1.11 bits per heavy atom. The number of phenols is 1. The number of benzene rings is 2. The van der Waals surface area contributed by atoms with Crippen molar-refractivity contribution in [3.63, 3.8) is 0 Å². The highest BCUT2D eigenvalue weighted by Crippen LogP contribution is 2.42. The van der Waals surface area contributed by atoms with Crippen molar-refractivity contribution in [2.45, 2.75) is 48.2 Å². The van der Waals surface area contributed by atoms with Gasteiger partial charge in [-0.1, -0.05) is 41.0 Å². The van der Waals surface area contributed by atoms with E-state index in [0.717, 1.165) is 49.4 Å². The lowest BCUT2D eigenvalue weighted by Gasteiger charge is -2.35. The summed E-state index contributed by atoms with van der Waals surface area (Å²) in [4.78, 5) is 43.1. The molecule has 0 saturated carbocycles. The summed E-state index contributed by atoms with van der Waals surface area (Å²) in [5.41, 5.74) is 1.12. The third kappa shape index (κ3) is 7.32. The first-order chi connectivity index (χ1) is 20.8. The van der Waals surface area contributed by atoms with Crippen molar-refractivity contribution >= 4 is 64.6 Å². The molecule has 0 aliphatic carbocycles. The number of nitrogens with one attached hydrogen (secondary N) is 1. The molecule has 3 aromatic rings. The Bertz CT molecular complexity index is 1640. The number of alkyl halides is 3. The molecule has 0 bridgehead atoms. The zero-order valence-corrected chi connectivity index (χ0v) is 26.8. The number of carbonyl (C=O) groups is 2. The van der Waals surface area contributed by atoms with E-state index in [4.69, 9.17) is 34.8 Å². The van der Waals surface area contributed by atoms with Gasteiger partial charge in [0, 0.05) is 42.5 Å². The van der Waals surface area contributed by atoms with Crippen LogP contribution in [-0.2, 0) is 25.1 Å². The second-order valence-electron chi connectivity index (χ2n) is 10.2. The molecule has 1 saturated heterocycles. The van der Waals surface area contributed by atoms with Crippen LogP contribution < -0.4 is 10.5 Å². The minimum absolute atomic E-state index is 0.000325. The molecule has 15 heteroatoms. The molecule has 1 fully saturated rings. The number of aldehydes is 1. The van der Waals surface area contributed by atoms with Crippen LogP contribution in [0.4, 0.5) is 19.3 Å². The van der Waals surface area contributed by atoms with Gasteiger partial charge < -0.3 is 20.1 Å². The number of carbonyl (C=O) groups excluding carboxylic acids is 2. The predicted molar refractivity (Wildman–Crippen MR) is 167 cm³/mol. The van der Waals surface area contributed by atoms with Crippen molar-refractivity contribution in [1.82, 2.24) is 14.8 Å². The van der Waals surface area contributed by atoms with Crippen molar-refractivity contribution in [2.24, 2.45) is 0 Å². The number of aromatic amines is 1. The Balaban J connectivity index is 0.000000204. The highest BCUT2D eigenvalue weighted by atomic mass is 35.5. The van der Waals surface area contributed by atoms with Gasteiger partial charge in [-0.2, -0.15) is 8.78 Å². The molecule has 9 nitrogen and oxygen atoms in total. The van der Waals surface area contributed by atoms with E-state index in [1.807, 2.05) is 28.9 Å². The number of fused-ring (bicyclic) bond motifs is 1. The number of urea groups is 1. The lowest BCUT2D eigenvalue weighted by atomic mass is 10.1. The molecule has 0 radical (unpaired) electrons. The summed E-state index contributed by atoms with van der Waals surface area (Å²) in [6.45, 7) is 5.55. The van der Waals surface area contributed by atoms with Crippen molar-refractivity contribution in [1.29, 1.82) is 0 Å². The largest absolute Gasteiger partial charge is 0.506 e. The van der Waals surface area contributed by atoms with Gasteiger partial charge in [-0.3, -0.25) is 19.4 Å². The van der Waals surface area contributed by atoms with Crippen LogP contribution in [0, 0.1) is 0 Å². The summed E-state index contributed by atoms with van der Waals surface area (Å²) in [5.74, 6) is 0.213. The van der Waals surface area contributed by atoms with Crippen LogP contribution in [0.15, 0.2) is 44.9 Å². The number of aromatic nitrogens is 1. The fraction of sp³-hybridized carbons (Fsp3) is 0.345. The summed E-state index contributed by atoms with van der Waals surface area (Å²) in [6.07, 6.45) is 1.17. The maximum atomic E-state index is 13.3. The number of aliphatic hydroxyl groups excluding tert-OH is 1. The molecule has 44 heavy (non-hydrogen) atoms. The first kappa shape index (κ1) is 34.0. The highest BCUT2D eigenvalue weighted by Gasteiger charge is 2.31. The Hall–Kier alpha value is -2.87. The third-order valence-electron chi connectivity index (χ3n) is 7.13. The predicted octanol–water partition coefficient (Wildman–Crippen LogP) is 6.42. The van der Waals surface area contributed by atoms with E-state index < -0.39 is 16.6 Å². The van der Waals surface area contributed by atoms with Gasteiger partial charge in [0.15, 0.2) is 6.29 Å². The number of rotatable bonds is 7. The van der Waals surface area contributed by atoms with E-state index in [9.17, 15) is 33.4 Å². The number of aromatic hydroxyl groups is 1. The van der Waals surface area contributed by atoms with Gasteiger partial charge >= 0.3 is 11.4 Å². The minimum Gasteiger partial charge on any atom is -0.506 e. The molecule has 2 aliphatic rings. The van der Waals surface area contributed by atoms with Gasteiger partial charge in [-0.15, -0.1) is 0 Å². The highest BCUT2D eigenvalue weighted by molar-refractivity contribution is 7.99. The number of hydrogen-bond donors (Lipinski definition) is 3. The first-order valence-electron chi connectivity index (χ1n) is 13.4. The number of H-pyrrole nitrogens is 1. The van der Waals surface area contributed by atoms with Crippen LogP contribution in [0.5, 0.6) is 5.75 Å². The van der Waals surface area contributed by atoms with Crippen molar-refractivity contribution in [2.75, 3.05) is 31.6 Å². The molecule has 2 aromatic carbocycles. The first-order valence-corrected chi connectivity index (χ1v) is 15.4. The number of pyridine rings is 1. The number of amides is 2. The van der Waals surface area contributed by atoms with Gasteiger partial charge in [0.05, 0.1) is 27.9 Å². The summed E-state index contributed by atoms with van der Waals surface area (Å²) in [6, 6.07) is 7.61. The van der Waals surface area contributed by atoms with Gasteiger partial charge in [-0.05, 0) is 72.9 Å². The average Bonchev–Trinajstić information content (AvgIpc) is 3.33. The number of hydrogen-bond acceptors (Lipinski definition) is 7. The molecule has 3 N–H and O–H groups in total. The molecule has 236 valence electrons. The van der Waals surface area contributed by atoms with Crippen molar-refractivity contribution < 1.29 is 28.6 Å². The van der Waals surface area contributed by atoms with Crippen LogP contribution in [0.2, 0.25) is 10.0 Å². The Morgan fingerprint density at radius 2 is 1.80 bits per heavy atom. The number of anilines is 1. The van der Waals surface area contributed by atoms with Crippen LogP contribution >= 0.6 is 46.6 Å². The molecular formula is C29H29Cl3F2N4O5S. The third-order valence-corrected chi connectivity index (χ3v) is 9.49. The second-order valence-corrected chi connectivity index (χ2v) is 12.5. The molecule has 2 amide bonds. The van der Waals surface area contributed by atoms with E-state index in [0.29, 0.717) is 24.3 Å². The van der Waals surface area contributed by atoms with Gasteiger partial charge in [0.25, 0.3) is 5.56 Å². The van der Waals surface area contributed by atoms with E-state index in [2.05, 4.69) is 11.9 Å². The minimum atomic E-state index is -3.82. The molecule has 0 unspecified atom stereocenters. The fourth-order valence-corrected chi connectivity index (χ4v) is 6.70. The van der Waals surface area contributed by atoms with Gasteiger partial charge in [-0.25, -0.2) is 4.79 Å². The van der Waals surface area contributed by atoms with E-state index in [-0.39, 0.29) is 50.1 Å². The molecular weight excluding hydrogens is 661 g/mol. The quantitative estimate of drug-likeness (QED) is 0.194. The number of phenolic OH excluding ortho intramolecular Hbond substituents is 1.